The van der Waals surface area contributed by atoms with Crippen LogP contribution in [0.4, 0.5) is 11.4 Å². The minimum Gasteiger partial charge on any atom is -0.385 e. The summed E-state index contributed by atoms with van der Waals surface area (Å²) in [5.74, 6) is -0.0201. The molecule has 1 heterocycles. The Labute approximate surface area is 159 Å². The number of nitrogens with one attached hydrogen (secondary N) is 3. The molecule has 3 rings (SSSR count). The van der Waals surface area contributed by atoms with Crippen molar-refractivity contribution in [2.24, 2.45) is 0 Å². The second-order valence-corrected chi connectivity index (χ2v) is 6.81. The van der Waals surface area contributed by atoms with Gasteiger partial charge in [-0.1, -0.05) is 24.6 Å². The lowest BCUT2D eigenvalue weighted by Crippen LogP contribution is -2.43. The second kappa shape index (κ2) is 9.48. The van der Waals surface area contributed by atoms with Crippen LogP contribution in [0.5, 0.6) is 0 Å². The quantitative estimate of drug-likeness (QED) is 0.492. The largest absolute Gasteiger partial charge is 0.385 e. The van der Waals surface area contributed by atoms with Crippen LogP contribution in [0.25, 0.3) is 10.8 Å². The highest BCUT2D eigenvalue weighted by Gasteiger charge is 2.21. The molecule has 0 saturated carbocycles. The molecule has 0 bridgehead atoms. The summed E-state index contributed by atoms with van der Waals surface area (Å²) >= 11 is 0. The predicted octanol–water partition coefficient (Wildman–Crippen LogP) is 3.18. The second-order valence-electron chi connectivity index (χ2n) is 6.81. The molecule has 0 spiro atoms. The molecule has 0 radical (unpaired) electrons. The zero-order valence-electron chi connectivity index (χ0n) is 15.7. The van der Waals surface area contributed by atoms with Gasteiger partial charge in [0.2, 0.25) is 5.91 Å². The summed E-state index contributed by atoms with van der Waals surface area (Å²) in [5.41, 5.74) is 2.22. The van der Waals surface area contributed by atoms with Crippen molar-refractivity contribution in [3.05, 3.63) is 35.9 Å². The van der Waals surface area contributed by atoms with Crippen molar-refractivity contribution in [3.8, 4) is 0 Å². The van der Waals surface area contributed by atoms with E-state index >= 15 is 0 Å². The molecule has 1 aliphatic heterocycles. The molecule has 0 aromatic heterocycles. The van der Waals surface area contributed by atoms with Crippen molar-refractivity contribution in [2.45, 2.75) is 31.7 Å². The molecule has 1 atom stereocenters. The first kappa shape index (κ1) is 19.3. The van der Waals surface area contributed by atoms with Crippen LogP contribution in [-0.2, 0) is 9.53 Å². The van der Waals surface area contributed by atoms with Gasteiger partial charge in [-0.25, -0.2) is 0 Å². The summed E-state index contributed by atoms with van der Waals surface area (Å²) < 4.78 is 5.08. The Morgan fingerprint density at radius 2 is 2.11 bits per heavy atom. The van der Waals surface area contributed by atoms with E-state index in [-0.39, 0.29) is 11.9 Å². The number of benzene rings is 2. The molecule has 0 aliphatic carbocycles. The van der Waals surface area contributed by atoms with Crippen LogP contribution < -0.4 is 16.0 Å². The lowest BCUT2D eigenvalue weighted by Gasteiger charge is -2.23. The highest BCUT2D eigenvalue weighted by molar-refractivity contribution is 6.12. The van der Waals surface area contributed by atoms with E-state index in [1.165, 1.54) is 0 Å². The van der Waals surface area contributed by atoms with Gasteiger partial charge in [-0.05, 0) is 37.9 Å². The highest BCUT2D eigenvalue weighted by atomic mass is 16.5. The van der Waals surface area contributed by atoms with Gasteiger partial charge in [0.1, 0.15) is 0 Å². The Morgan fingerprint density at radius 1 is 1.26 bits per heavy atom. The maximum atomic E-state index is 12.6. The Morgan fingerprint density at radius 3 is 2.85 bits per heavy atom. The van der Waals surface area contributed by atoms with Crippen molar-refractivity contribution < 1.29 is 14.3 Å². The third kappa shape index (κ3) is 4.64. The number of ether oxygens (including phenoxy) is 1. The Balaban J connectivity index is 1.88. The maximum Gasteiger partial charge on any atom is 0.241 e. The van der Waals surface area contributed by atoms with Gasteiger partial charge in [-0.3, -0.25) is 9.59 Å². The summed E-state index contributed by atoms with van der Waals surface area (Å²) in [4.78, 5) is 24.2. The summed E-state index contributed by atoms with van der Waals surface area (Å²) in [6, 6.07) is 9.24. The molecule has 1 aliphatic rings. The number of rotatable bonds is 8. The van der Waals surface area contributed by atoms with Crippen LogP contribution in [0.15, 0.2) is 30.3 Å². The monoisotopic (exact) mass is 369 g/mol. The lowest BCUT2D eigenvalue weighted by atomic mass is 10.0. The third-order valence-electron chi connectivity index (χ3n) is 4.93. The Bertz CT molecular complexity index is 801. The normalized spacial score (nSPS) is 16.9. The van der Waals surface area contributed by atoms with Crippen LogP contribution in [0.3, 0.4) is 0 Å². The van der Waals surface area contributed by atoms with Gasteiger partial charge in [-0.15, -0.1) is 0 Å². The van der Waals surface area contributed by atoms with Crippen LogP contribution in [-0.4, -0.2) is 45.0 Å². The fraction of sp³-hybridized carbons (Fsp3) is 0.429. The number of fused-ring (bicyclic) bond motifs is 1. The first-order chi connectivity index (χ1) is 13.2. The number of anilines is 2. The van der Waals surface area contributed by atoms with E-state index in [0.29, 0.717) is 12.2 Å². The molecule has 1 saturated heterocycles. The molecule has 6 heteroatoms. The van der Waals surface area contributed by atoms with Gasteiger partial charge in [0.25, 0.3) is 0 Å². The van der Waals surface area contributed by atoms with E-state index < -0.39 is 0 Å². The molecule has 3 N–H and O–H groups in total. The van der Waals surface area contributed by atoms with Crippen molar-refractivity contribution in [3.63, 3.8) is 0 Å². The molecule has 2 aromatic carbocycles. The van der Waals surface area contributed by atoms with Crippen molar-refractivity contribution in [2.75, 3.05) is 37.4 Å². The van der Waals surface area contributed by atoms with Gasteiger partial charge in [0.15, 0.2) is 6.29 Å². The van der Waals surface area contributed by atoms with Crippen molar-refractivity contribution >= 4 is 34.3 Å². The number of amides is 1. The SMILES string of the molecule is COCCCNc1ccc(NC(=O)C2CCCCN2)c2cccc(C=O)c12. The lowest BCUT2D eigenvalue weighted by molar-refractivity contribution is -0.118. The minimum absolute atomic E-state index is 0.0201. The van der Waals surface area contributed by atoms with Gasteiger partial charge >= 0.3 is 0 Å². The molecular weight excluding hydrogens is 342 g/mol. The van der Waals surface area contributed by atoms with E-state index in [1.807, 2.05) is 24.3 Å². The Kier molecular flexibility index (Phi) is 6.79. The highest BCUT2D eigenvalue weighted by Crippen LogP contribution is 2.32. The van der Waals surface area contributed by atoms with Gasteiger partial charge in [0.05, 0.1) is 6.04 Å². The van der Waals surface area contributed by atoms with E-state index in [4.69, 9.17) is 4.74 Å². The number of hydrogen-bond acceptors (Lipinski definition) is 5. The van der Waals surface area contributed by atoms with Crippen LogP contribution in [0.1, 0.15) is 36.0 Å². The number of hydrogen-bond donors (Lipinski definition) is 3. The molecule has 2 aromatic rings. The smallest absolute Gasteiger partial charge is 0.241 e. The molecule has 1 unspecified atom stereocenters. The van der Waals surface area contributed by atoms with Gasteiger partial charge in [0, 0.05) is 48.0 Å². The molecule has 1 fully saturated rings. The molecule has 1 amide bonds. The number of carbonyl (C=O) groups excluding carboxylic acids is 2. The molecular formula is C21H27N3O3. The van der Waals surface area contributed by atoms with Crippen LogP contribution in [0, 0.1) is 0 Å². The van der Waals surface area contributed by atoms with Gasteiger partial charge in [-0.2, -0.15) is 0 Å². The maximum absolute atomic E-state index is 12.6. The summed E-state index contributed by atoms with van der Waals surface area (Å²) in [6.07, 6.45) is 4.75. The fourth-order valence-corrected chi connectivity index (χ4v) is 3.52. The summed E-state index contributed by atoms with van der Waals surface area (Å²) in [5, 5.41) is 11.4. The first-order valence-corrected chi connectivity index (χ1v) is 9.52. The van der Waals surface area contributed by atoms with Crippen LogP contribution in [0.2, 0.25) is 0 Å². The zero-order chi connectivity index (χ0) is 19.1. The van der Waals surface area contributed by atoms with E-state index in [9.17, 15) is 9.59 Å². The number of piperidine rings is 1. The van der Waals surface area contributed by atoms with E-state index in [1.54, 1.807) is 13.2 Å². The van der Waals surface area contributed by atoms with Crippen molar-refractivity contribution in [1.29, 1.82) is 0 Å². The van der Waals surface area contributed by atoms with E-state index in [0.717, 1.165) is 67.2 Å². The molecule has 6 nitrogen and oxygen atoms in total. The zero-order valence-corrected chi connectivity index (χ0v) is 15.7. The van der Waals surface area contributed by atoms with Crippen molar-refractivity contribution in [1.82, 2.24) is 5.32 Å². The standard InChI is InChI=1S/C21H27N3O3/c1-27-13-5-12-22-18-10-9-17(16-7-4-6-15(14-25)20(16)18)24-21(26)19-8-2-3-11-23-19/h4,6-7,9-10,14,19,22-23H,2-3,5,8,11-13H2,1H3,(H,24,26). The molecule has 144 valence electrons. The Hall–Kier alpha value is -2.44. The van der Waals surface area contributed by atoms with Crippen LogP contribution >= 0.6 is 0 Å². The first-order valence-electron chi connectivity index (χ1n) is 9.52. The fourth-order valence-electron chi connectivity index (χ4n) is 3.52. The minimum atomic E-state index is -0.158. The summed E-state index contributed by atoms with van der Waals surface area (Å²) in [7, 11) is 1.68. The number of methoxy groups -OCH3 is 1. The predicted molar refractivity (Wildman–Crippen MR) is 109 cm³/mol. The average molecular weight is 369 g/mol. The number of carbonyl (C=O) groups is 2. The number of aldehydes is 1. The summed E-state index contributed by atoms with van der Waals surface area (Å²) in [6.45, 7) is 2.29. The topological polar surface area (TPSA) is 79.5 Å². The third-order valence-corrected chi connectivity index (χ3v) is 4.93. The molecule has 27 heavy (non-hydrogen) atoms. The average Bonchev–Trinajstić information content (AvgIpc) is 2.72. The van der Waals surface area contributed by atoms with Gasteiger partial charge < -0.3 is 20.7 Å². The van der Waals surface area contributed by atoms with E-state index in [2.05, 4.69) is 16.0 Å².